The second-order valence-electron chi connectivity index (χ2n) is 6.68. The van der Waals surface area contributed by atoms with Gasteiger partial charge in [-0.1, -0.05) is 6.07 Å². The van der Waals surface area contributed by atoms with Crippen LogP contribution in [0.4, 0.5) is 13.6 Å². The first kappa shape index (κ1) is 19.6. The highest BCUT2D eigenvalue weighted by molar-refractivity contribution is 7.89. The Hall–Kier alpha value is -2.11. The van der Waals surface area contributed by atoms with Crippen LogP contribution in [-0.4, -0.2) is 63.4 Å². The summed E-state index contributed by atoms with van der Waals surface area (Å²) < 4.78 is 53.7. The van der Waals surface area contributed by atoms with E-state index in [0.29, 0.717) is 0 Å². The Morgan fingerprint density at radius 1 is 1.15 bits per heavy atom. The van der Waals surface area contributed by atoms with Crippen LogP contribution in [0.2, 0.25) is 0 Å². The van der Waals surface area contributed by atoms with E-state index < -0.39 is 38.5 Å². The van der Waals surface area contributed by atoms with Crippen molar-refractivity contribution in [3.63, 3.8) is 0 Å². The monoisotopic (exact) mass is 403 g/mol. The number of imide groups is 1. The van der Waals surface area contributed by atoms with E-state index in [1.165, 1.54) is 0 Å². The predicted octanol–water partition coefficient (Wildman–Crippen LogP) is -1.16. The molecule has 1 aliphatic heterocycles. The van der Waals surface area contributed by atoms with Gasteiger partial charge in [0.2, 0.25) is 10.0 Å². The maximum absolute atomic E-state index is 13.8. The Morgan fingerprint density at radius 2 is 1.74 bits per heavy atom. The molecule has 1 heterocycles. The molecule has 3 amide bonds. The topological polar surface area (TPSA) is 100 Å². The van der Waals surface area contributed by atoms with Crippen molar-refractivity contribution in [1.82, 2.24) is 14.9 Å². The molecule has 3 rings (SSSR count). The summed E-state index contributed by atoms with van der Waals surface area (Å²) in [5, 5.41) is 4.88. The Bertz CT molecular complexity index is 817. The molecule has 148 valence electrons. The van der Waals surface area contributed by atoms with E-state index in [0.717, 1.165) is 40.2 Å². The number of amides is 3. The smallest absolute Gasteiger partial charge is 0.321 e. The first-order valence-electron chi connectivity index (χ1n) is 8.65. The highest BCUT2D eigenvalue weighted by Gasteiger charge is 2.35. The highest BCUT2D eigenvalue weighted by atomic mass is 32.2. The van der Waals surface area contributed by atoms with Crippen LogP contribution in [0.25, 0.3) is 0 Å². The maximum atomic E-state index is 13.8. The van der Waals surface area contributed by atoms with Crippen LogP contribution >= 0.6 is 0 Å². The van der Waals surface area contributed by atoms with Gasteiger partial charge in [-0.25, -0.2) is 22.0 Å². The predicted molar refractivity (Wildman–Crippen MR) is 90.4 cm³/mol. The summed E-state index contributed by atoms with van der Waals surface area (Å²) in [4.78, 5) is 23.3. The number of halogens is 2. The molecule has 3 N–H and O–H groups in total. The van der Waals surface area contributed by atoms with Gasteiger partial charge in [-0.3, -0.25) is 10.1 Å². The first-order valence-corrected chi connectivity index (χ1v) is 10.1. The molecule has 0 bridgehead atoms. The van der Waals surface area contributed by atoms with Gasteiger partial charge in [-0.15, -0.1) is 0 Å². The molecule has 1 aliphatic carbocycles. The van der Waals surface area contributed by atoms with Gasteiger partial charge in [0.25, 0.3) is 5.91 Å². The molecular formula is C16H21F2N4O4S+. The van der Waals surface area contributed by atoms with Crippen molar-refractivity contribution in [1.29, 1.82) is 0 Å². The minimum Gasteiger partial charge on any atom is -0.335 e. The number of carbonyl (C=O) groups is 2. The fraction of sp³-hybridized carbons (Fsp3) is 0.500. The molecule has 8 nitrogen and oxygen atoms in total. The number of hydrogen-bond donors (Lipinski definition) is 3. The lowest BCUT2D eigenvalue weighted by molar-refractivity contribution is -0.895. The average molecular weight is 403 g/mol. The first-order chi connectivity index (χ1) is 12.8. The zero-order valence-corrected chi connectivity index (χ0v) is 15.3. The fourth-order valence-corrected chi connectivity index (χ4v) is 4.48. The normalized spacial score (nSPS) is 18.9. The van der Waals surface area contributed by atoms with Crippen LogP contribution in [0.15, 0.2) is 23.1 Å². The third-order valence-corrected chi connectivity index (χ3v) is 6.47. The number of hydrogen-bond acceptors (Lipinski definition) is 4. The minimum atomic E-state index is -4.30. The van der Waals surface area contributed by atoms with Crippen LogP contribution < -0.4 is 15.5 Å². The Morgan fingerprint density at radius 3 is 2.30 bits per heavy atom. The molecule has 27 heavy (non-hydrogen) atoms. The van der Waals surface area contributed by atoms with Crippen LogP contribution in [0.3, 0.4) is 0 Å². The van der Waals surface area contributed by atoms with E-state index >= 15 is 0 Å². The van der Waals surface area contributed by atoms with Crippen molar-refractivity contribution < 1.29 is 31.7 Å². The molecule has 2 aliphatic rings. The lowest BCUT2D eigenvalue weighted by atomic mass is 10.3. The van der Waals surface area contributed by atoms with Crippen molar-refractivity contribution >= 4 is 22.0 Å². The molecule has 0 unspecified atom stereocenters. The van der Waals surface area contributed by atoms with E-state index in [9.17, 15) is 26.8 Å². The number of sulfonamides is 1. The summed E-state index contributed by atoms with van der Waals surface area (Å²) in [5.74, 6) is -2.73. The molecule has 1 aromatic carbocycles. The van der Waals surface area contributed by atoms with Crippen molar-refractivity contribution in [2.75, 3.05) is 32.7 Å². The number of benzene rings is 1. The lowest BCUT2D eigenvalue weighted by Gasteiger charge is -2.31. The summed E-state index contributed by atoms with van der Waals surface area (Å²) in [6.07, 6.45) is 1.82. The van der Waals surface area contributed by atoms with Crippen molar-refractivity contribution in [2.45, 2.75) is 23.8 Å². The van der Waals surface area contributed by atoms with Crippen LogP contribution in [0.5, 0.6) is 0 Å². The number of nitrogens with one attached hydrogen (secondary N) is 3. The van der Waals surface area contributed by atoms with Crippen molar-refractivity contribution in [3.05, 3.63) is 29.8 Å². The molecule has 11 heteroatoms. The summed E-state index contributed by atoms with van der Waals surface area (Å²) in [5.41, 5.74) is 0. The fourth-order valence-electron chi connectivity index (χ4n) is 2.92. The molecular weight excluding hydrogens is 382 g/mol. The van der Waals surface area contributed by atoms with Crippen LogP contribution in [-0.2, 0) is 14.8 Å². The van der Waals surface area contributed by atoms with Gasteiger partial charge in [-0.05, 0) is 25.0 Å². The number of urea groups is 1. The van der Waals surface area contributed by atoms with E-state index in [4.69, 9.17) is 0 Å². The van der Waals surface area contributed by atoms with Gasteiger partial charge >= 0.3 is 6.03 Å². The van der Waals surface area contributed by atoms with E-state index in [-0.39, 0.29) is 38.8 Å². The molecule has 2 fully saturated rings. The third-order valence-electron chi connectivity index (χ3n) is 4.52. The Labute approximate surface area is 155 Å². The Balaban J connectivity index is 1.53. The number of quaternary nitrogens is 1. The molecule has 0 radical (unpaired) electrons. The van der Waals surface area contributed by atoms with E-state index in [1.807, 2.05) is 0 Å². The second kappa shape index (κ2) is 7.87. The largest absolute Gasteiger partial charge is 0.335 e. The molecule has 1 aromatic rings. The SMILES string of the molecule is O=C(C[NH+]1CCN(S(=O)(=O)c2c(F)cccc2F)CC1)NC(=O)NC1CC1. The highest BCUT2D eigenvalue weighted by Crippen LogP contribution is 2.22. The zero-order chi connectivity index (χ0) is 19.6. The third kappa shape index (κ3) is 4.79. The molecule has 0 atom stereocenters. The van der Waals surface area contributed by atoms with Gasteiger partial charge in [-0.2, -0.15) is 4.31 Å². The lowest BCUT2D eigenvalue weighted by Crippen LogP contribution is -3.15. The van der Waals surface area contributed by atoms with Gasteiger partial charge in [0.1, 0.15) is 11.6 Å². The van der Waals surface area contributed by atoms with Crippen molar-refractivity contribution in [2.24, 2.45) is 0 Å². The molecule has 0 aromatic heterocycles. The summed E-state index contributed by atoms with van der Waals surface area (Å²) >= 11 is 0. The number of nitrogens with zero attached hydrogens (tertiary/aromatic N) is 1. The van der Waals surface area contributed by atoms with Gasteiger partial charge in [0.05, 0.1) is 26.2 Å². The molecule has 1 saturated heterocycles. The molecule has 1 saturated carbocycles. The average Bonchev–Trinajstić information content (AvgIpc) is 3.38. The molecule has 0 spiro atoms. The summed E-state index contributed by atoms with van der Waals surface area (Å²) in [6, 6.07) is 2.50. The maximum Gasteiger partial charge on any atom is 0.321 e. The number of rotatable bonds is 5. The minimum absolute atomic E-state index is 0.0139. The van der Waals surface area contributed by atoms with Gasteiger partial charge in [0, 0.05) is 6.04 Å². The second-order valence-corrected chi connectivity index (χ2v) is 8.55. The number of piperazine rings is 1. The zero-order valence-electron chi connectivity index (χ0n) is 14.5. The van der Waals surface area contributed by atoms with Crippen LogP contribution in [0.1, 0.15) is 12.8 Å². The standard InChI is InChI=1S/C16H20F2N4O4S/c17-12-2-1-3-13(18)15(12)27(25,26)22-8-6-21(7-9-22)10-14(23)20-16(24)19-11-4-5-11/h1-3,11H,4-10H2,(H2,19,20,23,24)/p+1. The van der Waals surface area contributed by atoms with E-state index in [1.54, 1.807) is 0 Å². The number of carbonyl (C=O) groups excluding carboxylic acids is 2. The summed E-state index contributed by atoms with van der Waals surface area (Å²) in [7, 11) is -4.30. The van der Waals surface area contributed by atoms with Gasteiger partial charge in [0.15, 0.2) is 11.4 Å². The van der Waals surface area contributed by atoms with Crippen molar-refractivity contribution in [3.8, 4) is 0 Å². The van der Waals surface area contributed by atoms with Gasteiger partial charge < -0.3 is 10.2 Å². The quantitative estimate of drug-likeness (QED) is 0.578. The van der Waals surface area contributed by atoms with Crippen LogP contribution in [0, 0.1) is 11.6 Å². The Kier molecular flexibility index (Phi) is 5.72. The van der Waals surface area contributed by atoms with E-state index in [2.05, 4.69) is 10.6 Å². The summed E-state index contributed by atoms with van der Waals surface area (Å²) in [6.45, 7) is 0.625.